The molecule has 2 aromatic carbocycles. The van der Waals surface area contributed by atoms with Crippen molar-refractivity contribution < 1.29 is 9.18 Å². The second-order valence-corrected chi connectivity index (χ2v) is 5.52. The minimum absolute atomic E-state index is 0.0430. The Morgan fingerprint density at radius 1 is 1.08 bits per heavy atom. The molecule has 24 heavy (non-hydrogen) atoms. The first kappa shape index (κ1) is 17.9. The first-order valence-electron chi connectivity index (χ1n) is 7.77. The van der Waals surface area contributed by atoms with Gasteiger partial charge < -0.3 is 10.2 Å². The molecule has 0 spiro atoms. The molecular weight excluding hydrogens is 325 g/mol. The molecule has 0 radical (unpaired) electrons. The number of carbonyl (C=O) groups excluding carboxylic acids is 1. The average Bonchev–Trinajstić information content (AvgIpc) is 2.57. The van der Waals surface area contributed by atoms with Crippen LogP contribution in [0, 0.1) is 5.82 Å². The van der Waals surface area contributed by atoms with Crippen molar-refractivity contribution in [1.82, 2.24) is 5.32 Å². The Bertz CT molecular complexity index is 714. The average molecular weight is 345 g/mol. The third-order valence-corrected chi connectivity index (χ3v) is 3.80. The molecule has 0 aliphatic rings. The van der Waals surface area contributed by atoms with Gasteiger partial charge in [-0.15, -0.1) is 0 Å². The van der Waals surface area contributed by atoms with Gasteiger partial charge in [-0.05, 0) is 62.5 Å². The van der Waals surface area contributed by atoms with Crippen molar-refractivity contribution in [3.8, 4) is 0 Å². The molecule has 0 atom stereocenters. The van der Waals surface area contributed by atoms with Gasteiger partial charge in [-0.2, -0.15) is 0 Å². The Kier molecular flexibility index (Phi) is 6.26. The van der Waals surface area contributed by atoms with Crippen LogP contribution >= 0.6 is 12.2 Å². The van der Waals surface area contributed by atoms with E-state index in [2.05, 4.69) is 29.4 Å². The van der Waals surface area contributed by atoms with E-state index in [4.69, 9.17) is 12.2 Å². The van der Waals surface area contributed by atoms with Crippen LogP contribution in [0.3, 0.4) is 0 Å². The zero-order valence-electron chi connectivity index (χ0n) is 13.7. The Balaban J connectivity index is 1.97. The molecule has 126 valence electrons. The molecule has 1 amide bonds. The van der Waals surface area contributed by atoms with Crippen molar-refractivity contribution in [3.63, 3.8) is 0 Å². The Labute approximate surface area is 146 Å². The van der Waals surface area contributed by atoms with Gasteiger partial charge in [-0.25, -0.2) is 4.39 Å². The van der Waals surface area contributed by atoms with E-state index in [0.717, 1.165) is 24.5 Å². The van der Waals surface area contributed by atoms with Crippen LogP contribution in [0.25, 0.3) is 0 Å². The number of nitrogens with zero attached hydrogens (tertiary/aromatic N) is 1. The van der Waals surface area contributed by atoms with Crippen LogP contribution in [0.4, 0.5) is 15.8 Å². The summed E-state index contributed by atoms with van der Waals surface area (Å²) in [4.78, 5) is 14.2. The maximum Gasteiger partial charge on any atom is 0.260 e. The molecule has 6 heteroatoms. The van der Waals surface area contributed by atoms with E-state index >= 15 is 0 Å². The quantitative estimate of drug-likeness (QED) is 0.809. The number of carbonyl (C=O) groups is 1. The van der Waals surface area contributed by atoms with E-state index in [-0.39, 0.29) is 10.7 Å². The lowest BCUT2D eigenvalue weighted by molar-refractivity contribution is 0.0974. The van der Waals surface area contributed by atoms with Crippen LogP contribution in [0.15, 0.2) is 48.5 Å². The van der Waals surface area contributed by atoms with Crippen LogP contribution in [0.5, 0.6) is 0 Å². The first-order valence-corrected chi connectivity index (χ1v) is 8.17. The van der Waals surface area contributed by atoms with Gasteiger partial charge in [0.25, 0.3) is 5.91 Å². The lowest BCUT2D eigenvalue weighted by atomic mass is 10.2. The van der Waals surface area contributed by atoms with Gasteiger partial charge in [-0.3, -0.25) is 10.1 Å². The zero-order valence-corrected chi connectivity index (χ0v) is 14.5. The molecule has 0 fully saturated rings. The standard InChI is InChI=1S/C18H20FN3OS/c1-3-22(4-2)14-11-9-13(10-12-14)20-18(24)21-17(23)15-7-5-6-8-16(15)19/h5-12H,3-4H2,1-2H3,(H2,20,21,23,24). The van der Waals surface area contributed by atoms with Crippen LogP contribution in [-0.4, -0.2) is 24.1 Å². The van der Waals surface area contributed by atoms with Gasteiger partial charge in [0.15, 0.2) is 5.11 Å². The van der Waals surface area contributed by atoms with Gasteiger partial charge in [-0.1, -0.05) is 12.1 Å². The predicted octanol–water partition coefficient (Wildman–Crippen LogP) is 3.80. The topological polar surface area (TPSA) is 44.4 Å². The van der Waals surface area contributed by atoms with Crippen LogP contribution in [0.1, 0.15) is 24.2 Å². The zero-order chi connectivity index (χ0) is 17.5. The summed E-state index contributed by atoms with van der Waals surface area (Å²) in [7, 11) is 0. The summed E-state index contributed by atoms with van der Waals surface area (Å²) in [6, 6.07) is 13.5. The van der Waals surface area contributed by atoms with E-state index in [9.17, 15) is 9.18 Å². The van der Waals surface area contributed by atoms with Gasteiger partial charge in [0.1, 0.15) is 5.82 Å². The molecular formula is C18H20FN3OS. The largest absolute Gasteiger partial charge is 0.372 e. The summed E-state index contributed by atoms with van der Waals surface area (Å²) in [5.41, 5.74) is 1.83. The summed E-state index contributed by atoms with van der Waals surface area (Å²) in [6.45, 7) is 6.06. The van der Waals surface area contributed by atoms with Gasteiger partial charge >= 0.3 is 0 Å². The van der Waals surface area contributed by atoms with Crippen molar-refractivity contribution in [2.24, 2.45) is 0 Å². The highest BCUT2D eigenvalue weighted by Gasteiger charge is 2.12. The number of amides is 1. The minimum atomic E-state index is -0.582. The molecule has 0 heterocycles. The number of halogens is 1. The molecule has 0 aliphatic carbocycles. The molecule has 4 nitrogen and oxygen atoms in total. The number of thiocarbonyl (C=S) groups is 1. The Hall–Kier alpha value is -2.47. The van der Waals surface area contributed by atoms with Crippen molar-refractivity contribution >= 4 is 34.6 Å². The van der Waals surface area contributed by atoms with E-state index < -0.39 is 11.7 Å². The molecule has 0 aromatic heterocycles. The Morgan fingerprint density at radius 3 is 2.29 bits per heavy atom. The maximum absolute atomic E-state index is 13.6. The van der Waals surface area contributed by atoms with Crippen molar-refractivity contribution in [2.75, 3.05) is 23.3 Å². The van der Waals surface area contributed by atoms with Crippen LogP contribution in [0.2, 0.25) is 0 Å². The fourth-order valence-corrected chi connectivity index (χ4v) is 2.53. The summed E-state index contributed by atoms with van der Waals surface area (Å²) >= 11 is 5.11. The fraction of sp³-hybridized carbons (Fsp3) is 0.222. The minimum Gasteiger partial charge on any atom is -0.372 e. The van der Waals surface area contributed by atoms with Crippen LogP contribution < -0.4 is 15.5 Å². The molecule has 2 aromatic rings. The summed E-state index contributed by atoms with van der Waals surface area (Å²) in [6.07, 6.45) is 0. The molecule has 0 aliphatic heterocycles. The highest BCUT2D eigenvalue weighted by molar-refractivity contribution is 7.80. The smallest absolute Gasteiger partial charge is 0.260 e. The molecule has 0 unspecified atom stereocenters. The predicted molar refractivity (Wildman–Crippen MR) is 100 cm³/mol. The van der Waals surface area contributed by atoms with Gasteiger partial charge in [0.05, 0.1) is 5.56 Å². The highest BCUT2D eigenvalue weighted by atomic mass is 32.1. The van der Waals surface area contributed by atoms with E-state index in [1.165, 1.54) is 18.2 Å². The summed E-state index contributed by atoms with van der Waals surface area (Å²) in [5, 5.41) is 5.52. The Morgan fingerprint density at radius 2 is 1.71 bits per heavy atom. The van der Waals surface area contributed by atoms with Gasteiger partial charge in [0.2, 0.25) is 0 Å². The lowest BCUT2D eigenvalue weighted by Crippen LogP contribution is -2.34. The number of benzene rings is 2. The summed E-state index contributed by atoms with van der Waals surface area (Å²) in [5.74, 6) is -1.16. The lowest BCUT2D eigenvalue weighted by Gasteiger charge is -2.21. The van der Waals surface area contributed by atoms with E-state index in [0.29, 0.717) is 0 Å². The highest BCUT2D eigenvalue weighted by Crippen LogP contribution is 2.17. The third-order valence-electron chi connectivity index (χ3n) is 3.60. The maximum atomic E-state index is 13.6. The third kappa shape index (κ3) is 4.52. The number of hydrogen-bond donors (Lipinski definition) is 2. The van der Waals surface area contributed by atoms with Crippen LogP contribution in [-0.2, 0) is 0 Å². The second kappa shape index (κ2) is 8.40. The number of hydrogen-bond acceptors (Lipinski definition) is 3. The number of nitrogens with one attached hydrogen (secondary N) is 2. The molecule has 0 saturated carbocycles. The van der Waals surface area contributed by atoms with E-state index in [1.807, 2.05) is 24.3 Å². The van der Waals surface area contributed by atoms with Crippen molar-refractivity contribution in [1.29, 1.82) is 0 Å². The van der Waals surface area contributed by atoms with Crippen molar-refractivity contribution in [3.05, 3.63) is 59.9 Å². The van der Waals surface area contributed by atoms with Gasteiger partial charge in [0, 0.05) is 24.5 Å². The monoisotopic (exact) mass is 345 g/mol. The number of anilines is 2. The number of rotatable bonds is 5. The summed E-state index contributed by atoms with van der Waals surface area (Å²) < 4.78 is 13.6. The SMILES string of the molecule is CCN(CC)c1ccc(NC(=S)NC(=O)c2ccccc2F)cc1. The molecule has 0 saturated heterocycles. The van der Waals surface area contributed by atoms with Crippen molar-refractivity contribution in [2.45, 2.75) is 13.8 Å². The molecule has 0 bridgehead atoms. The fourth-order valence-electron chi connectivity index (χ4n) is 2.32. The molecule has 2 N–H and O–H groups in total. The second-order valence-electron chi connectivity index (χ2n) is 5.11. The van der Waals surface area contributed by atoms with E-state index in [1.54, 1.807) is 6.07 Å². The normalized spacial score (nSPS) is 10.1. The molecule has 2 rings (SSSR count). The first-order chi connectivity index (χ1) is 11.5.